The van der Waals surface area contributed by atoms with E-state index in [0.717, 1.165) is 6.42 Å². The predicted octanol–water partition coefficient (Wildman–Crippen LogP) is 0.986. The molecule has 0 atom stereocenters. The summed E-state index contributed by atoms with van der Waals surface area (Å²) >= 11 is 0. The summed E-state index contributed by atoms with van der Waals surface area (Å²) in [5.41, 5.74) is 0.217. The van der Waals surface area contributed by atoms with Gasteiger partial charge in [-0.2, -0.15) is 0 Å². The van der Waals surface area contributed by atoms with Crippen LogP contribution in [0.2, 0.25) is 0 Å². The van der Waals surface area contributed by atoms with Gasteiger partial charge in [0.25, 0.3) is 5.91 Å². The van der Waals surface area contributed by atoms with E-state index in [4.69, 9.17) is 10.9 Å². The fraction of sp³-hybridized carbons (Fsp3) is 0.462. The van der Waals surface area contributed by atoms with Gasteiger partial charge in [0.1, 0.15) is 5.76 Å². The minimum Gasteiger partial charge on any atom is -0.361 e. The summed E-state index contributed by atoms with van der Waals surface area (Å²) in [6, 6.07) is 1.56. The van der Waals surface area contributed by atoms with E-state index in [0.29, 0.717) is 25.3 Å². The molecule has 1 aliphatic heterocycles. The van der Waals surface area contributed by atoms with Gasteiger partial charge in [0.2, 0.25) is 5.91 Å². The van der Waals surface area contributed by atoms with Crippen LogP contribution >= 0.6 is 0 Å². The van der Waals surface area contributed by atoms with Crippen LogP contribution in [0.15, 0.2) is 10.6 Å². The molecule has 0 bridgehead atoms. The van der Waals surface area contributed by atoms with Crippen molar-refractivity contribution in [2.75, 3.05) is 13.1 Å². The zero-order valence-electron chi connectivity index (χ0n) is 10.8. The van der Waals surface area contributed by atoms with Crippen LogP contribution in [-0.2, 0) is 4.79 Å². The molecule has 2 heterocycles. The standard InChI is InChI=1S/C13H15N3O3/c1-3-4-6-12(17)15-7-5-8-16(15)13(18)11-9-10(2)19-14-11/h1,9H,4-8H2,2H3. The van der Waals surface area contributed by atoms with E-state index in [1.165, 1.54) is 10.0 Å². The van der Waals surface area contributed by atoms with Crippen LogP contribution in [0.3, 0.4) is 0 Å². The Labute approximate surface area is 111 Å². The SMILES string of the molecule is C#CCCC(=O)N1CCCN1C(=O)c1cc(C)on1. The minimum atomic E-state index is -0.316. The van der Waals surface area contributed by atoms with Crippen molar-refractivity contribution in [2.24, 2.45) is 0 Å². The van der Waals surface area contributed by atoms with Gasteiger partial charge in [0.15, 0.2) is 5.69 Å². The molecule has 19 heavy (non-hydrogen) atoms. The monoisotopic (exact) mass is 261 g/mol. The molecule has 0 unspecified atom stereocenters. The Morgan fingerprint density at radius 3 is 2.84 bits per heavy atom. The van der Waals surface area contributed by atoms with E-state index >= 15 is 0 Å². The maximum atomic E-state index is 12.2. The normalized spacial score (nSPS) is 14.5. The van der Waals surface area contributed by atoms with Crippen molar-refractivity contribution in [1.29, 1.82) is 0 Å². The second-order valence-electron chi connectivity index (χ2n) is 4.33. The summed E-state index contributed by atoms with van der Waals surface area (Å²) in [5.74, 6) is 2.53. The molecule has 2 rings (SSSR count). The average molecular weight is 261 g/mol. The Hall–Kier alpha value is -2.29. The smallest absolute Gasteiger partial charge is 0.294 e. The molecule has 6 nitrogen and oxygen atoms in total. The van der Waals surface area contributed by atoms with Gasteiger partial charge in [-0.05, 0) is 13.3 Å². The zero-order valence-corrected chi connectivity index (χ0v) is 10.8. The molecule has 0 aliphatic carbocycles. The summed E-state index contributed by atoms with van der Waals surface area (Å²) in [6.07, 6.45) is 6.52. The van der Waals surface area contributed by atoms with Gasteiger partial charge in [-0.25, -0.2) is 5.01 Å². The second kappa shape index (κ2) is 5.57. The molecule has 1 aliphatic rings. The molecule has 1 aromatic rings. The largest absolute Gasteiger partial charge is 0.361 e. The lowest BCUT2D eigenvalue weighted by Crippen LogP contribution is -2.44. The number of carbonyl (C=O) groups excluding carboxylic acids is 2. The zero-order chi connectivity index (χ0) is 13.8. The predicted molar refractivity (Wildman–Crippen MR) is 66.7 cm³/mol. The third-order valence-electron chi connectivity index (χ3n) is 2.88. The molecule has 0 N–H and O–H groups in total. The highest BCUT2D eigenvalue weighted by Crippen LogP contribution is 2.16. The number of hydrazine groups is 1. The summed E-state index contributed by atoms with van der Waals surface area (Å²) in [7, 11) is 0. The quantitative estimate of drug-likeness (QED) is 0.761. The molecule has 0 aromatic carbocycles. The van der Waals surface area contributed by atoms with Gasteiger partial charge >= 0.3 is 0 Å². The molecular weight excluding hydrogens is 246 g/mol. The number of aryl methyl sites for hydroxylation is 1. The maximum absolute atomic E-state index is 12.2. The van der Waals surface area contributed by atoms with E-state index < -0.39 is 0 Å². The van der Waals surface area contributed by atoms with E-state index in [1.807, 2.05) is 0 Å². The first kappa shape index (κ1) is 13.1. The number of aromatic nitrogens is 1. The number of hydrogen-bond donors (Lipinski definition) is 0. The molecule has 6 heteroatoms. The number of terminal acetylenes is 1. The van der Waals surface area contributed by atoms with E-state index in [-0.39, 0.29) is 23.9 Å². The summed E-state index contributed by atoms with van der Waals surface area (Å²) in [6.45, 7) is 2.75. The lowest BCUT2D eigenvalue weighted by Gasteiger charge is -2.26. The Morgan fingerprint density at radius 1 is 1.47 bits per heavy atom. The third-order valence-corrected chi connectivity index (χ3v) is 2.88. The number of rotatable bonds is 3. The van der Waals surface area contributed by atoms with Crippen LogP contribution in [0.4, 0.5) is 0 Å². The van der Waals surface area contributed by atoms with E-state index in [2.05, 4.69) is 11.1 Å². The van der Waals surface area contributed by atoms with Crippen molar-refractivity contribution in [3.8, 4) is 12.3 Å². The van der Waals surface area contributed by atoms with Gasteiger partial charge in [-0.15, -0.1) is 12.3 Å². The molecule has 1 aromatic heterocycles. The molecule has 100 valence electrons. The van der Waals surface area contributed by atoms with Gasteiger partial charge in [0, 0.05) is 32.0 Å². The van der Waals surface area contributed by atoms with Crippen LogP contribution in [0.25, 0.3) is 0 Å². The first-order chi connectivity index (χ1) is 9.13. The molecule has 1 saturated heterocycles. The van der Waals surface area contributed by atoms with Crippen LogP contribution in [0.5, 0.6) is 0 Å². The highest BCUT2D eigenvalue weighted by molar-refractivity contribution is 5.94. The first-order valence-electron chi connectivity index (χ1n) is 6.12. The molecular formula is C13H15N3O3. The number of hydrogen-bond acceptors (Lipinski definition) is 4. The second-order valence-corrected chi connectivity index (χ2v) is 4.33. The van der Waals surface area contributed by atoms with Crippen molar-refractivity contribution in [1.82, 2.24) is 15.2 Å². The van der Waals surface area contributed by atoms with Crippen molar-refractivity contribution >= 4 is 11.8 Å². The molecule has 0 saturated carbocycles. The topological polar surface area (TPSA) is 66.7 Å². The summed E-state index contributed by atoms with van der Waals surface area (Å²) in [5, 5.41) is 6.54. The molecule has 0 radical (unpaired) electrons. The van der Waals surface area contributed by atoms with E-state index in [1.54, 1.807) is 13.0 Å². The highest BCUT2D eigenvalue weighted by atomic mass is 16.5. The van der Waals surface area contributed by atoms with Crippen LogP contribution in [0.1, 0.15) is 35.5 Å². The van der Waals surface area contributed by atoms with Gasteiger partial charge in [-0.1, -0.05) is 5.16 Å². The lowest BCUT2D eigenvalue weighted by molar-refractivity contribution is -0.140. The average Bonchev–Trinajstić information content (AvgIpc) is 3.03. The summed E-state index contributed by atoms with van der Waals surface area (Å²) < 4.78 is 4.88. The molecule has 2 amide bonds. The number of carbonyl (C=O) groups is 2. The van der Waals surface area contributed by atoms with Gasteiger partial charge in [-0.3, -0.25) is 14.6 Å². The lowest BCUT2D eigenvalue weighted by atomic mass is 10.3. The maximum Gasteiger partial charge on any atom is 0.294 e. The van der Waals surface area contributed by atoms with Gasteiger partial charge < -0.3 is 4.52 Å². The Bertz CT molecular complexity index is 529. The van der Waals surface area contributed by atoms with Crippen LogP contribution in [-0.4, -0.2) is 40.1 Å². The Balaban J connectivity index is 2.08. The highest BCUT2D eigenvalue weighted by Gasteiger charge is 2.32. The minimum absolute atomic E-state index is 0.135. The Morgan fingerprint density at radius 2 is 2.21 bits per heavy atom. The van der Waals surface area contributed by atoms with Gasteiger partial charge in [0.05, 0.1) is 0 Å². The number of amides is 2. The fourth-order valence-corrected chi connectivity index (χ4v) is 1.99. The Kier molecular flexibility index (Phi) is 3.85. The van der Waals surface area contributed by atoms with Crippen molar-refractivity contribution in [2.45, 2.75) is 26.2 Å². The van der Waals surface area contributed by atoms with Crippen molar-refractivity contribution in [3.05, 3.63) is 17.5 Å². The molecule has 0 spiro atoms. The van der Waals surface area contributed by atoms with Crippen molar-refractivity contribution < 1.29 is 14.1 Å². The van der Waals surface area contributed by atoms with E-state index in [9.17, 15) is 9.59 Å². The number of nitrogens with zero attached hydrogens (tertiary/aromatic N) is 3. The van der Waals surface area contributed by atoms with Crippen LogP contribution < -0.4 is 0 Å². The molecule has 1 fully saturated rings. The fourth-order valence-electron chi connectivity index (χ4n) is 1.99. The van der Waals surface area contributed by atoms with Crippen molar-refractivity contribution in [3.63, 3.8) is 0 Å². The third kappa shape index (κ3) is 2.76. The summed E-state index contributed by atoms with van der Waals surface area (Å²) in [4.78, 5) is 24.2. The first-order valence-corrected chi connectivity index (χ1v) is 6.12. The van der Waals surface area contributed by atoms with Crippen LogP contribution in [0, 0.1) is 19.3 Å².